The van der Waals surface area contributed by atoms with Crippen molar-refractivity contribution in [3.63, 3.8) is 0 Å². The van der Waals surface area contributed by atoms with E-state index in [-0.39, 0.29) is 5.84 Å². The monoisotopic (exact) mass is 1530 g/mol. The zero-order valence-corrected chi connectivity index (χ0v) is 63.4. The second-order valence-electron chi connectivity index (χ2n) is 29.1. The first-order chi connectivity index (χ1) is 57.0. The molecule has 0 atom stereocenters. The van der Waals surface area contributed by atoms with Gasteiger partial charge in [0.1, 0.15) is 36.4 Å². The van der Waals surface area contributed by atoms with Crippen LogP contribution in [0.5, 0.6) is 0 Å². The quantitative estimate of drug-likeness (QED) is 0.0186. The van der Waals surface area contributed by atoms with Crippen LogP contribution in [0, 0.1) is 6.57 Å². The fraction of sp³-hybridized carbons (Fsp3) is 0.205. The molecule has 6 aromatic carbocycles. The highest BCUT2D eigenvalue weighted by Gasteiger charge is 2.28. The van der Waals surface area contributed by atoms with E-state index in [2.05, 4.69) is 188 Å². The third kappa shape index (κ3) is 16.2. The number of nitrogen functional groups attached to an aromatic ring is 3. The fourth-order valence-corrected chi connectivity index (χ4v) is 15.8. The van der Waals surface area contributed by atoms with Gasteiger partial charge in [0, 0.05) is 116 Å². The van der Waals surface area contributed by atoms with E-state index in [0.717, 1.165) is 203 Å². The molecule has 116 heavy (non-hydrogen) atoms. The largest absolute Gasteiger partial charge is 0.409 e. The Bertz CT molecular complexity index is 6130. The van der Waals surface area contributed by atoms with Gasteiger partial charge in [0.05, 0.1) is 76.5 Å². The molecule has 3 fully saturated rings. The number of pyridine rings is 3. The summed E-state index contributed by atoms with van der Waals surface area (Å²) in [4.78, 5) is 54.8. The lowest BCUT2D eigenvalue weighted by Crippen LogP contribution is -2.34. The highest BCUT2D eigenvalue weighted by atomic mass is 16.5. The van der Waals surface area contributed by atoms with Gasteiger partial charge in [-0.05, 0) is 95.7 Å². The van der Waals surface area contributed by atoms with Gasteiger partial charge in [0.15, 0.2) is 22.8 Å². The zero-order valence-electron chi connectivity index (χ0n) is 63.4. The van der Waals surface area contributed by atoms with Crippen molar-refractivity contribution < 1.29 is 9.73 Å². The molecule has 0 unspecified atom stereocenters. The maximum atomic E-state index is 9.13. The van der Waals surface area contributed by atoms with E-state index in [1.807, 2.05) is 92.9 Å². The fourth-order valence-electron chi connectivity index (χ4n) is 15.8. The van der Waals surface area contributed by atoms with E-state index in [1.54, 1.807) is 37.2 Å². The van der Waals surface area contributed by atoms with E-state index in [9.17, 15) is 0 Å². The minimum atomic E-state index is 0.0310. The summed E-state index contributed by atoms with van der Waals surface area (Å²) in [6.07, 6.45) is 22.3. The highest BCUT2D eigenvalue weighted by molar-refractivity contribution is 5.99. The Morgan fingerprint density at radius 1 is 0.405 bits per heavy atom. The average Bonchev–Trinajstić information content (AvgIpc) is 1.65. The molecule has 16 aromatic rings. The predicted octanol–water partition coefficient (Wildman–Crippen LogP) is 14.6. The Hall–Kier alpha value is -14.4. The predicted molar refractivity (Wildman–Crippen MR) is 447 cm³/mol. The lowest BCUT2D eigenvalue weighted by Gasteiger charge is -2.32. The van der Waals surface area contributed by atoms with Gasteiger partial charge in [0.25, 0.3) is 0 Å². The molecule has 3 aliphatic heterocycles. The molecule has 13 heterocycles. The third-order valence-electron chi connectivity index (χ3n) is 21.9. The average molecular weight is 1540 g/mol. The van der Waals surface area contributed by atoms with Crippen LogP contribution in [0.3, 0.4) is 0 Å². The van der Waals surface area contributed by atoms with Crippen LogP contribution in [-0.4, -0.2) is 149 Å². The van der Waals surface area contributed by atoms with Crippen LogP contribution in [-0.2, 0) is 19.6 Å². The molecule has 0 radical (unpaired) electrons. The topological polar surface area (TPSA) is 359 Å². The lowest BCUT2D eigenvalue weighted by atomic mass is 9.97. The van der Waals surface area contributed by atoms with Gasteiger partial charge in [0.2, 0.25) is 17.9 Å². The molecular formula is C88H82N26O2. The van der Waals surface area contributed by atoms with E-state index < -0.39 is 0 Å². The van der Waals surface area contributed by atoms with Crippen LogP contribution < -0.4 is 22.9 Å². The molecule has 9 N–H and O–H groups in total. The number of amidine groups is 1. The first-order valence-electron chi connectivity index (χ1n) is 38.6. The summed E-state index contributed by atoms with van der Waals surface area (Å²) < 4.78 is 11.0. The van der Waals surface area contributed by atoms with Crippen LogP contribution in [0.4, 0.5) is 23.1 Å². The van der Waals surface area contributed by atoms with Crippen molar-refractivity contribution in [1.29, 1.82) is 0 Å². The number of benzene rings is 6. The number of hydrogen-bond acceptors (Lipinski definition) is 23. The smallest absolute Gasteiger partial charge is 0.214 e. The summed E-state index contributed by atoms with van der Waals surface area (Å²) in [6, 6.07) is 63.1. The number of hydrogen-bond donors (Lipinski definition) is 5. The van der Waals surface area contributed by atoms with E-state index in [4.69, 9.17) is 49.2 Å². The molecule has 28 heteroatoms. The maximum absolute atomic E-state index is 9.13. The van der Waals surface area contributed by atoms with Crippen molar-refractivity contribution in [3.05, 3.63) is 278 Å². The lowest BCUT2D eigenvalue weighted by molar-refractivity contribution is 0.175. The molecule has 10 aromatic heterocycles. The van der Waals surface area contributed by atoms with Crippen LogP contribution in [0.2, 0.25) is 0 Å². The summed E-state index contributed by atoms with van der Waals surface area (Å²) >= 11 is 0. The van der Waals surface area contributed by atoms with Gasteiger partial charge >= 0.3 is 0 Å². The molecule has 0 saturated carbocycles. The normalized spacial score (nSPS) is 14.8. The second-order valence-corrected chi connectivity index (χ2v) is 29.1. The van der Waals surface area contributed by atoms with Gasteiger partial charge in [-0.2, -0.15) is 20.3 Å². The number of rotatable bonds is 17. The first kappa shape index (κ1) is 74.3. The SMILES string of the molecule is NC(=NO)c1cnc(-c2ccc(CN3CCC(n4ncc5c(N)ncnc54)CC3)cc2)c(-c2ccccc2)c1.Nc1ncnc2c1cnn2C1CCN(Cc2ccc(-c3ncc(-c4ncon4)cc3-c3ccccc3)cc2)CC1.[C-]#[N+]c1cnc(-c2ccc(CN3CCC(n4ncc5c(N)ncnc54)CC3)cc2)c(-c2ccccc2)c1. The molecule has 19 rings (SSSR count). The number of aromatic nitrogens is 17. The minimum Gasteiger partial charge on any atom is -0.409 e. The van der Waals surface area contributed by atoms with Crippen molar-refractivity contribution in [3.8, 4) is 78.5 Å². The maximum Gasteiger partial charge on any atom is 0.214 e. The van der Waals surface area contributed by atoms with E-state index >= 15 is 0 Å². The molecule has 0 aliphatic carbocycles. The summed E-state index contributed by atoms with van der Waals surface area (Å²) in [6.45, 7) is 16.0. The molecular weight excluding hydrogens is 1450 g/mol. The number of oxime groups is 1. The Balaban J connectivity index is 0.000000125. The van der Waals surface area contributed by atoms with Crippen molar-refractivity contribution in [2.75, 3.05) is 56.5 Å². The van der Waals surface area contributed by atoms with Gasteiger partial charge in [-0.25, -0.2) is 48.8 Å². The van der Waals surface area contributed by atoms with Gasteiger partial charge < -0.3 is 32.7 Å². The minimum absolute atomic E-state index is 0.0310. The van der Waals surface area contributed by atoms with Gasteiger partial charge in [-0.15, -0.1) is 0 Å². The standard InChI is InChI=1S/C30H27N9O.C29H29N9O.C29H26N8/c31-28-26-16-36-39(30(26)34-18-33-28)24-10-12-38(13-11-24)17-20-6-8-22(9-7-20)27-25(21-4-2-1-3-5-21)14-23(15-32-27)29-35-19-40-37-29;30-27(36-39)22-14-24(20-4-2-1-3-5-20)26(32-15-22)21-8-6-19(7-9-21)17-37-12-10-23(11-13-37)38-29-25(16-35-38)28(31)33-18-34-29;1-31-23-15-25(21-5-3-2-4-6-21)27(32-16-23)22-9-7-20(8-10-22)18-36-13-11-24(12-14-36)37-29-26(17-35-37)28(30)33-19-34-29/h1-9,14-16,18-19,24H,10-13,17H2,(H2,31,33,34);1-9,14-16,18,23,39H,10-13,17H2,(H2,30,36)(H2,31,33,34);2-10,15-17,19,24H,11-14,18H2,(H2,30,33,34). The van der Waals surface area contributed by atoms with E-state index in [1.165, 1.54) is 42.1 Å². The van der Waals surface area contributed by atoms with E-state index in [0.29, 0.717) is 52.7 Å². The molecule has 3 aliphatic rings. The number of fused-ring (bicyclic) bond motifs is 3. The van der Waals surface area contributed by atoms with Crippen LogP contribution in [0.15, 0.2) is 254 Å². The van der Waals surface area contributed by atoms with Crippen LogP contribution in [0.25, 0.3) is 116 Å². The van der Waals surface area contributed by atoms with Gasteiger partial charge in [-0.3, -0.25) is 29.7 Å². The summed E-state index contributed by atoms with van der Waals surface area (Å²) in [5, 5.41) is 32.4. The summed E-state index contributed by atoms with van der Waals surface area (Å²) in [7, 11) is 0. The number of likely N-dealkylation sites (tertiary alicyclic amines) is 3. The number of piperidine rings is 3. The van der Waals surface area contributed by atoms with Crippen molar-refractivity contribution in [2.24, 2.45) is 10.9 Å². The van der Waals surface area contributed by atoms with Crippen molar-refractivity contribution >= 4 is 62.1 Å². The Morgan fingerprint density at radius 3 is 1.13 bits per heavy atom. The Labute approximate surface area is 667 Å². The Kier molecular flexibility index (Phi) is 21.7. The molecule has 576 valence electrons. The molecule has 3 saturated heterocycles. The number of nitrogens with zero attached hydrogens (tertiary/aromatic N) is 22. The molecule has 28 nitrogen and oxygen atoms in total. The van der Waals surface area contributed by atoms with Crippen LogP contribution >= 0.6 is 0 Å². The number of nitrogens with two attached hydrogens (primary N) is 4. The summed E-state index contributed by atoms with van der Waals surface area (Å²) in [5.74, 6) is 1.98. The molecule has 0 bridgehead atoms. The zero-order chi connectivity index (χ0) is 78.9. The first-order valence-corrected chi connectivity index (χ1v) is 38.6. The van der Waals surface area contributed by atoms with Gasteiger partial charge in [-0.1, -0.05) is 174 Å². The summed E-state index contributed by atoms with van der Waals surface area (Å²) in [5.41, 5.74) is 43.8. The molecule has 0 amide bonds. The van der Waals surface area contributed by atoms with Crippen molar-refractivity contribution in [2.45, 2.75) is 76.3 Å². The highest BCUT2D eigenvalue weighted by Crippen LogP contribution is 2.39. The van der Waals surface area contributed by atoms with Crippen molar-refractivity contribution in [1.82, 2.24) is 99.0 Å². The third-order valence-corrected chi connectivity index (χ3v) is 21.9. The second kappa shape index (κ2) is 33.9. The van der Waals surface area contributed by atoms with Crippen LogP contribution in [0.1, 0.15) is 78.9 Å². The Morgan fingerprint density at radius 2 is 0.767 bits per heavy atom. The molecule has 0 spiro atoms. The number of anilines is 3.